The van der Waals surface area contributed by atoms with E-state index < -0.39 is 28.4 Å². The van der Waals surface area contributed by atoms with Gasteiger partial charge in [0.1, 0.15) is 12.2 Å². The smallest absolute Gasteiger partial charge is 0.257 e. The average Bonchev–Trinajstić information content (AvgIpc) is 3.70. The Morgan fingerprint density at radius 1 is 1.07 bits per heavy atom. The Hall–Kier alpha value is -4.17. The van der Waals surface area contributed by atoms with Gasteiger partial charge in [-0.3, -0.25) is 14.2 Å². The van der Waals surface area contributed by atoms with Crippen LogP contribution in [-0.2, 0) is 33.8 Å². The Balaban J connectivity index is 1.32. The van der Waals surface area contributed by atoms with Gasteiger partial charge in [-0.2, -0.15) is 10.2 Å². The molecule has 0 unspecified atom stereocenters. The molecular weight excluding hydrogens is 590 g/mol. The number of H-pyrrole nitrogens is 1. The lowest BCUT2D eigenvalue weighted by Gasteiger charge is -2.62. The minimum absolute atomic E-state index is 0.0228. The molecular formula is C30H30F2N8O3S. The number of sulfonamides is 1. The van der Waals surface area contributed by atoms with E-state index in [4.69, 9.17) is 4.98 Å². The molecule has 1 aromatic carbocycles. The largest absolute Gasteiger partial charge is 0.339 e. The lowest BCUT2D eigenvalue weighted by atomic mass is 9.48. The van der Waals surface area contributed by atoms with Gasteiger partial charge in [0.05, 0.1) is 46.7 Å². The first-order valence-electron chi connectivity index (χ1n) is 14.5. The van der Waals surface area contributed by atoms with Gasteiger partial charge in [-0.05, 0) is 37.5 Å². The van der Waals surface area contributed by atoms with Crippen LogP contribution in [0, 0.1) is 5.41 Å². The van der Waals surface area contributed by atoms with E-state index in [9.17, 15) is 22.0 Å². The third-order valence-electron chi connectivity index (χ3n) is 9.77. The number of nitrogens with one attached hydrogen (secondary N) is 1. The molecule has 6 heterocycles. The number of benzene rings is 1. The maximum Gasteiger partial charge on any atom is 0.257 e. The van der Waals surface area contributed by atoms with Crippen LogP contribution < -0.4 is 4.90 Å². The van der Waals surface area contributed by atoms with Crippen LogP contribution in [0.25, 0.3) is 44.3 Å². The summed E-state index contributed by atoms with van der Waals surface area (Å²) in [5, 5.41) is 10.3. The Labute approximate surface area is 251 Å². The van der Waals surface area contributed by atoms with Crippen LogP contribution >= 0.6 is 0 Å². The highest BCUT2D eigenvalue weighted by Gasteiger charge is 2.68. The molecule has 5 aromatic rings. The zero-order valence-corrected chi connectivity index (χ0v) is 25.2. The van der Waals surface area contributed by atoms with Gasteiger partial charge in [-0.15, -0.1) is 0 Å². The minimum Gasteiger partial charge on any atom is -0.339 e. The number of halogens is 2. The first kappa shape index (κ1) is 27.4. The van der Waals surface area contributed by atoms with E-state index >= 15 is 0 Å². The number of aryl methyl sites for hydroxylation is 1. The molecule has 2 fully saturated rings. The average molecular weight is 621 g/mol. The highest BCUT2D eigenvalue weighted by atomic mass is 32.2. The highest BCUT2D eigenvalue weighted by Crippen LogP contribution is 2.66. The van der Waals surface area contributed by atoms with Gasteiger partial charge in [0.15, 0.2) is 0 Å². The van der Waals surface area contributed by atoms with Crippen LogP contribution in [0.4, 0.5) is 14.5 Å². The minimum atomic E-state index is -3.29. The number of anilines is 1. The number of likely N-dealkylation sites (N-methyl/N-ethyl adjacent to an activating group) is 1. The van der Waals surface area contributed by atoms with Crippen LogP contribution in [0.5, 0.6) is 0 Å². The summed E-state index contributed by atoms with van der Waals surface area (Å²) in [4.78, 5) is 23.9. The second-order valence-electron chi connectivity index (χ2n) is 12.5. The summed E-state index contributed by atoms with van der Waals surface area (Å²) in [7, 11) is 0.336. The lowest BCUT2D eigenvalue weighted by Crippen LogP contribution is -2.69. The topological polar surface area (TPSA) is 122 Å². The number of alkyl halides is 2. The van der Waals surface area contributed by atoms with Crippen molar-refractivity contribution in [2.45, 2.75) is 38.2 Å². The molecule has 3 aliphatic rings. The number of carbonyl (C=O) groups excluding carboxylic acids is 1. The van der Waals surface area contributed by atoms with Crippen LogP contribution in [0.15, 0.2) is 43.0 Å². The van der Waals surface area contributed by atoms with Crippen molar-refractivity contribution in [2.75, 3.05) is 30.8 Å². The molecule has 2 spiro atoms. The van der Waals surface area contributed by atoms with Crippen molar-refractivity contribution in [3.05, 3.63) is 48.5 Å². The molecule has 1 N–H and O–H groups in total. The number of carbonyl (C=O) groups is 1. The Bertz CT molecular complexity index is 2120. The fourth-order valence-corrected chi connectivity index (χ4v) is 9.15. The van der Waals surface area contributed by atoms with Gasteiger partial charge < -0.3 is 9.88 Å². The highest BCUT2D eigenvalue weighted by molar-refractivity contribution is 7.89. The molecule has 11 nitrogen and oxygen atoms in total. The van der Waals surface area contributed by atoms with E-state index in [0.29, 0.717) is 42.8 Å². The maximum absolute atomic E-state index is 14.0. The number of hydrogen-bond acceptors (Lipinski definition) is 6. The molecule has 228 valence electrons. The van der Waals surface area contributed by atoms with Gasteiger partial charge in [0, 0.05) is 66.3 Å². The molecule has 4 aromatic heterocycles. The van der Waals surface area contributed by atoms with Crippen molar-refractivity contribution in [3.63, 3.8) is 0 Å². The van der Waals surface area contributed by atoms with E-state index in [1.165, 1.54) is 8.99 Å². The molecule has 1 aliphatic carbocycles. The van der Waals surface area contributed by atoms with Crippen LogP contribution in [0.2, 0.25) is 0 Å². The summed E-state index contributed by atoms with van der Waals surface area (Å²) >= 11 is 0. The molecule has 0 atom stereocenters. The summed E-state index contributed by atoms with van der Waals surface area (Å²) in [5.41, 5.74) is 5.01. The van der Waals surface area contributed by atoms with Gasteiger partial charge in [0.2, 0.25) is 15.9 Å². The standard InChI is InChI=1S/C30H30F2N8O3S/c1-4-44(42,43)40-15-29(16-40)13-30(14-29)25-21(37(2)28(30)41)10-33-27-24(25)23(17-5-6-20-18(7-17)8-34-38(20)3)26(36-27)19-9-35-39(11-19)12-22(31)32/h5-11,22H,4,12-16H2,1-3H3,(H,33,36). The van der Waals surface area contributed by atoms with E-state index in [2.05, 4.69) is 15.2 Å². The second-order valence-corrected chi connectivity index (χ2v) is 14.7. The maximum atomic E-state index is 14.0. The number of rotatable bonds is 6. The first-order chi connectivity index (χ1) is 20.9. The monoisotopic (exact) mass is 620 g/mol. The van der Waals surface area contributed by atoms with E-state index in [0.717, 1.165) is 38.7 Å². The van der Waals surface area contributed by atoms with E-state index in [1.807, 2.05) is 25.2 Å². The van der Waals surface area contributed by atoms with Gasteiger partial charge >= 0.3 is 0 Å². The third-order valence-corrected chi connectivity index (χ3v) is 11.5. The summed E-state index contributed by atoms with van der Waals surface area (Å²) in [6, 6.07) is 6.01. The van der Waals surface area contributed by atoms with Gasteiger partial charge in [-0.25, -0.2) is 26.5 Å². The summed E-state index contributed by atoms with van der Waals surface area (Å²) < 4.78 is 55.9. The Morgan fingerprint density at radius 3 is 2.57 bits per heavy atom. The molecule has 1 saturated carbocycles. The predicted octanol–water partition coefficient (Wildman–Crippen LogP) is 3.90. The number of aromatic nitrogens is 6. The SMILES string of the molecule is CCS(=O)(=O)N1CC2(C1)CC1(C2)C(=O)N(C)c2cnc3[nH]c(-c4cnn(CC(F)F)c4)c(-c4ccc5c(cnn5C)c4)c3c21. The van der Waals surface area contributed by atoms with Gasteiger partial charge in [0.25, 0.3) is 6.43 Å². The van der Waals surface area contributed by atoms with Gasteiger partial charge in [-0.1, -0.05) is 6.07 Å². The summed E-state index contributed by atoms with van der Waals surface area (Å²) in [6.45, 7) is 1.94. The second kappa shape index (κ2) is 8.94. The zero-order chi connectivity index (χ0) is 30.8. The van der Waals surface area contributed by atoms with E-state index in [1.54, 1.807) is 48.3 Å². The van der Waals surface area contributed by atoms with Crippen molar-refractivity contribution < 1.29 is 22.0 Å². The molecule has 8 rings (SSSR count). The van der Waals surface area contributed by atoms with Crippen molar-refractivity contribution in [3.8, 4) is 22.4 Å². The third kappa shape index (κ3) is 3.63. The van der Waals surface area contributed by atoms with E-state index in [-0.39, 0.29) is 17.1 Å². The van der Waals surface area contributed by atoms with Crippen molar-refractivity contribution in [1.29, 1.82) is 0 Å². The molecule has 2 aliphatic heterocycles. The molecule has 0 radical (unpaired) electrons. The fourth-order valence-electron chi connectivity index (χ4n) is 7.84. The number of amides is 1. The number of aromatic amines is 1. The Morgan fingerprint density at radius 2 is 1.84 bits per heavy atom. The Kier molecular flexibility index (Phi) is 5.57. The summed E-state index contributed by atoms with van der Waals surface area (Å²) in [5.74, 6) is 0.0285. The number of nitrogens with zero attached hydrogens (tertiary/aromatic N) is 7. The van der Waals surface area contributed by atoms with Crippen molar-refractivity contribution in [1.82, 2.24) is 33.8 Å². The fraction of sp³-hybridized carbons (Fsp3) is 0.400. The van der Waals surface area contributed by atoms with Crippen LogP contribution in [-0.4, -0.2) is 80.5 Å². The lowest BCUT2D eigenvalue weighted by molar-refractivity contribution is -0.139. The number of pyridine rings is 1. The normalized spacial score (nSPS) is 19.0. The predicted molar refractivity (Wildman–Crippen MR) is 161 cm³/mol. The molecule has 14 heteroatoms. The quantitative estimate of drug-likeness (QED) is 0.307. The first-order valence-corrected chi connectivity index (χ1v) is 16.1. The molecule has 44 heavy (non-hydrogen) atoms. The molecule has 1 saturated heterocycles. The summed E-state index contributed by atoms with van der Waals surface area (Å²) in [6.07, 6.45) is 5.17. The zero-order valence-electron chi connectivity index (χ0n) is 24.4. The molecule has 1 amide bonds. The number of hydrogen-bond donors (Lipinski definition) is 1. The van der Waals surface area contributed by atoms with Crippen molar-refractivity contribution in [2.24, 2.45) is 12.5 Å². The van der Waals surface area contributed by atoms with Crippen LogP contribution in [0.3, 0.4) is 0 Å². The van der Waals surface area contributed by atoms with Crippen LogP contribution in [0.1, 0.15) is 25.3 Å². The van der Waals surface area contributed by atoms with Crippen molar-refractivity contribution >= 4 is 43.6 Å². The number of fused-ring (bicyclic) bond motifs is 5. The molecule has 0 bridgehead atoms.